The van der Waals surface area contributed by atoms with Crippen LogP contribution in [0.25, 0.3) is 5.57 Å². The Balaban J connectivity index is 0.00000243. The molecule has 2 heterocycles. The number of nitrogens with zero attached hydrogens (tertiary/aromatic N) is 1. The standard InChI is InChI=1S/C17H18N2O6.Na/c1-8(20)13-12-7-11(14(16(22)23)19(12)15(13)21)9-3-5-10(6-4-9)18-17(24)25-2;/h3-6,8,12-13,20H,7H2,1-2H3,(H,18,24)(H,22,23);/q;+1/p-1/t8-,12-,13-;/m1./s1. The number of ether oxygens (including phenoxy) is 1. The third kappa shape index (κ3) is 3.37. The second-order valence-electron chi connectivity index (χ2n) is 6.05. The molecular formula is C17H17N2NaO6. The summed E-state index contributed by atoms with van der Waals surface area (Å²) < 4.78 is 4.50. The van der Waals surface area contributed by atoms with Gasteiger partial charge in [0.1, 0.15) is 0 Å². The minimum atomic E-state index is -1.42. The second-order valence-corrected chi connectivity index (χ2v) is 6.05. The van der Waals surface area contributed by atoms with Gasteiger partial charge in [0.05, 0.1) is 36.8 Å². The number of aliphatic carboxylic acids is 1. The summed E-state index contributed by atoms with van der Waals surface area (Å²) in [4.78, 5) is 36.1. The van der Waals surface area contributed by atoms with Crippen LogP contribution in [0, 0.1) is 5.92 Å². The number of nitrogens with one attached hydrogen (secondary N) is 1. The van der Waals surface area contributed by atoms with Crippen LogP contribution in [-0.4, -0.2) is 47.2 Å². The van der Waals surface area contributed by atoms with Crippen LogP contribution in [0.1, 0.15) is 18.9 Å². The number of carbonyl (C=O) groups is 3. The number of hydrogen-bond donors (Lipinski definition) is 2. The Hall–Kier alpha value is -1.87. The summed E-state index contributed by atoms with van der Waals surface area (Å²) in [5, 5.41) is 23.8. The number of hydrogen-bond acceptors (Lipinski definition) is 6. The molecule has 1 aromatic rings. The van der Waals surface area contributed by atoms with Gasteiger partial charge >= 0.3 is 35.7 Å². The van der Waals surface area contributed by atoms with Gasteiger partial charge in [-0.05, 0) is 36.6 Å². The van der Waals surface area contributed by atoms with Crippen molar-refractivity contribution < 1.29 is 58.9 Å². The van der Waals surface area contributed by atoms with Crippen LogP contribution in [0.15, 0.2) is 30.0 Å². The van der Waals surface area contributed by atoms with Crippen LogP contribution < -0.4 is 40.0 Å². The van der Waals surface area contributed by atoms with Gasteiger partial charge in [0, 0.05) is 5.69 Å². The molecule has 1 aromatic carbocycles. The van der Waals surface area contributed by atoms with E-state index in [9.17, 15) is 24.6 Å². The maximum Gasteiger partial charge on any atom is 1.00 e. The van der Waals surface area contributed by atoms with Gasteiger partial charge in [0.15, 0.2) is 0 Å². The molecule has 2 amide bonds. The van der Waals surface area contributed by atoms with Gasteiger partial charge in [0.25, 0.3) is 0 Å². The number of anilines is 1. The Labute approximate surface area is 172 Å². The number of aliphatic hydroxyl groups excluding tert-OH is 1. The summed E-state index contributed by atoms with van der Waals surface area (Å²) in [6.07, 6.45) is -1.13. The molecule has 0 aromatic heterocycles. The van der Waals surface area contributed by atoms with E-state index in [2.05, 4.69) is 10.1 Å². The molecule has 3 rings (SSSR count). The zero-order valence-corrected chi connectivity index (χ0v) is 16.7. The Morgan fingerprint density at radius 2 is 1.96 bits per heavy atom. The predicted octanol–water partition coefficient (Wildman–Crippen LogP) is -3.06. The van der Waals surface area contributed by atoms with Crippen molar-refractivity contribution in [3.8, 4) is 0 Å². The maximum atomic E-state index is 12.2. The zero-order chi connectivity index (χ0) is 18.3. The summed E-state index contributed by atoms with van der Waals surface area (Å²) >= 11 is 0. The van der Waals surface area contributed by atoms with Crippen molar-refractivity contribution in [1.82, 2.24) is 4.90 Å². The second kappa shape index (κ2) is 7.79. The first-order valence-corrected chi connectivity index (χ1v) is 7.76. The summed E-state index contributed by atoms with van der Waals surface area (Å²) in [6, 6.07) is 6.14. The van der Waals surface area contributed by atoms with Crippen molar-refractivity contribution >= 4 is 29.2 Å². The van der Waals surface area contributed by atoms with Crippen LogP contribution >= 0.6 is 0 Å². The fourth-order valence-electron chi connectivity index (χ4n) is 3.44. The van der Waals surface area contributed by atoms with Crippen molar-refractivity contribution in [2.24, 2.45) is 5.92 Å². The number of carboxylic acid groups (broad SMARTS) is 1. The molecule has 3 atom stereocenters. The molecule has 132 valence electrons. The van der Waals surface area contributed by atoms with Crippen LogP contribution in [0.4, 0.5) is 10.5 Å². The van der Waals surface area contributed by atoms with E-state index in [4.69, 9.17) is 0 Å². The molecule has 1 fully saturated rings. The number of carbonyl (C=O) groups excluding carboxylic acids is 3. The fraction of sp³-hybridized carbons (Fsp3) is 0.353. The molecule has 2 aliphatic rings. The molecular weight excluding hydrogens is 351 g/mol. The first-order valence-electron chi connectivity index (χ1n) is 7.76. The quantitative estimate of drug-likeness (QED) is 0.430. The molecule has 2 aliphatic heterocycles. The number of amides is 2. The number of benzene rings is 1. The molecule has 9 heteroatoms. The van der Waals surface area contributed by atoms with Crippen molar-refractivity contribution in [3.63, 3.8) is 0 Å². The number of aliphatic hydroxyl groups is 1. The summed E-state index contributed by atoms with van der Waals surface area (Å²) in [7, 11) is 1.25. The van der Waals surface area contributed by atoms with Gasteiger partial charge in [-0.1, -0.05) is 12.1 Å². The van der Waals surface area contributed by atoms with Gasteiger partial charge in [0.2, 0.25) is 5.91 Å². The summed E-state index contributed by atoms with van der Waals surface area (Å²) in [5.41, 5.74) is 1.43. The molecule has 26 heavy (non-hydrogen) atoms. The van der Waals surface area contributed by atoms with Crippen molar-refractivity contribution in [2.45, 2.75) is 25.5 Å². The van der Waals surface area contributed by atoms with Gasteiger partial charge in [-0.15, -0.1) is 0 Å². The van der Waals surface area contributed by atoms with E-state index in [1.54, 1.807) is 24.3 Å². The molecule has 0 unspecified atom stereocenters. The average molecular weight is 368 g/mol. The molecule has 0 spiro atoms. The number of methoxy groups -OCH3 is 1. The molecule has 0 bridgehead atoms. The van der Waals surface area contributed by atoms with E-state index in [-0.39, 0.29) is 41.3 Å². The monoisotopic (exact) mass is 368 g/mol. The van der Waals surface area contributed by atoms with Crippen LogP contribution in [0.2, 0.25) is 0 Å². The topological polar surface area (TPSA) is 119 Å². The van der Waals surface area contributed by atoms with Crippen LogP contribution in [0.3, 0.4) is 0 Å². The Bertz CT molecular complexity index is 774. The fourth-order valence-corrected chi connectivity index (χ4v) is 3.44. The number of rotatable bonds is 4. The van der Waals surface area contributed by atoms with Crippen molar-refractivity contribution in [3.05, 3.63) is 35.5 Å². The van der Waals surface area contributed by atoms with E-state index in [1.165, 1.54) is 18.9 Å². The number of carboxylic acids is 1. The van der Waals surface area contributed by atoms with Crippen LogP contribution in [0.5, 0.6) is 0 Å². The average Bonchev–Trinajstić information content (AvgIpc) is 2.90. The van der Waals surface area contributed by atoms with Gasteiger partial charge in [-0.3, -0.25) is 10.1 Å². The van der Waals surface area contributed by atoms with Crippen LogP contribution in [-0.2, 0) is 14.3 Å². The molecule has 2 N–H and O–H groups in total. The van der Waals surface area contributed by atoms with E-state index in [1.807, 2.05) is 0 Å². The first-order chi connectivity index (χ1) is 11.8. The number of fused-ring (bicyclic) bond motifs is 1. The summed E-state index contributed by atoms with van der Waals surface area (Å²) in [5.74, 6) is -2.43. The normalized spacial score (nSPS) is 22.1. The number of β-lactam (4-membered cyclic amide) rings is 1. The smallest absolute Gasteiger partial charge is 0.543 e. The summed E-state index contributed by atoms with van der Waals surface area (Å²) in [6.45, 7) is 1.52. The van der Waals surface area contributed by atoms with Gasteiger partial charge < -0.3 is 24.6 Å². The van der Waals surface area contributed by atoms with E-state index in [0.29, 0.717) is 23.2 Å². The SMILES string of the molecule is COC(=O)Nc1ccc(C2=C(C(=O)[O-])N3C(=O)[C@H]([C@@H](C)O)[C@H]3C2)cc1.[Na+]. The third-order valence-electron chi connectivity index (χ3n) is 4.59. The Kier molecular flexibility index (Phi) is 6.13. The van der Waals surface area contributed by atoms with E-state index >= 15 is 0 Å². The van der Waals surface area contributed by atoms with E-state index in [0.717, 1.165) is 0 Å². The maximum absolute atomic E-state index is 12.2. The molecule has 0 saturated carbocycles. The molecule has 0 radical (unpaired) electrons. The van der Waals surface area contributed by atoms with Crippen molar-refractivity contribution in [2.75, 3.05) is 12.4 Å². The Morgan fingerprint density at radius 3 is 2.46 bits per heavy atom. The predicted molar refractivity (Wildman–Crippen MR) is 84.8 cm³/mol. The largest absolute Gasteiger partial charge is 1.00 e. The minimum Gasteiger partial charge on any atom is -0.543 e. The first kappa shape index (κ1) is 20.4. The third-order valence-corrected chi connectivity index (χ3v) is 4.59. The van der Waals surface area contributed by atoms with E-state index < -0.39 is 30.0 Å². The minimum absolute atomic E-state index is 0. The molecule has 0 aliphatic carbocycles. The van der Waals surface area contributed by atoms with Gasteiger partial charge in [-0.2, -0.15) is 0 Å². The van der Waals surface area contributed by atoms with Crippen molar-refractivity contribution in [1.29, 1.82) is 0 Å². The zero-order valence-electron chi connectivity index (χ0n) is 14.7. The van der Waals surface area contributed by atoms with Gasteiger partial charge in [-0.25, -0.2) is 4.79 Å². The molecule has 8 nitrogen and oxygen atoms in total. The molecule has 1 saturated heterocycles. The Morgan fingerprint density at radius 1 is 1.35 bits per heavy atom.